The van der Waals surface area contributed by atoms with Crippen molar-refractivity contribution in [3.8, 4) is 6.07 Å². The van der Waals surface area contributed by atoms with Crippen LogP contribution < -0.4 is 0 Å². The number of halogens is 1. The van der Waals surface area contributed by atoms with Crippen LogP contribution in [0.2, 0.25) is 0 Å². The van der Waals surface area contributed by atoms with Crippen LogP contribution in [0.4, 0.5) is 4.39 Å². The van der Waals surface area contributed by atoms with Crippen LogP contribution in [0, 0.1) is 23.1 Å². The van der Waals surface area contributed by atoms with Gasteiger partial charge in [0.05, 0.1) is 12.0 Å². The number of rotatable bonds is 1. The molecule has 2 aromatic carbocycles. The van der Waals surface area contributed by atoms with Crippen molar-refractivity contribution in [2.75, 3.05) is 0 Å². The first kappa shape index (κ1) is 10.3. The van der Waals surface area contributed by atoms with Gasteiger partial charge >= 0.3 is 0 Å². The summed E-state index contributed by atoms with van der Waals surface area (Å²) in [5.74, 6) is 0.201. The maximum atomic E-state index is 13.7. The minimum absolute atomic E-state index is 0.101. The highest BCUT2D eigenvalue weighted by Gasteiger charge is 2.33. The Bertz CT molecular complexity index is 612. The van der Waals surface area contributed by atoms with Crippen LogP contribution in [0.5, 0.6) is 0 Å². The standard InChI is InChI=1S/C15H12FN/c16-15-8-7-13(11-6-5-10(11)9-17)12-3-1-2-4-14(12)15/h1-4,7-8,10-11H,5-6H2. The second kappa shape index (κ2) is 3.85. The molecule has 0 N–H and O–H groups in total. The molecule has 2 aromatic rings. The third-order valence-electron chi connectivity index (χ3n) is 3.74. The maximum Gasteiger partial charge on any atom is 0.131 e. The van der Waals surface area contributed by atoms with E-state index in [2.05, 4.69) is 6.07 Å². The van der Waals surface area contributed by atoms with Gasteiger partial charge in [-0.05, 0) is 29.9 Å². The van der Waals surface area contributed by atoms with Crippen LogP contribution in [0.3, 0.4) is 0 Å². The SMILES string of the molecule is N#CC1CCC1c1ccc(F)c2ccccc12. The maximum absolute atomic E-state index is 13.7. The van der Waals surface area contributed by atoms with Crippen LogP contribution in [0.1, 0.15) is 24.3 Å². The fourth-order valence-corrected chi connectivity index (χ4v) is 2.64. The first-order chi connectivity index (χ1) is 8.31. The van der Waals surface area contributed by atoms with Crippen LogP contribution in [-0.2, 0) is 0 Å². The second-order valence-corrected chi connectivity index (χ2v) is 4.60. The minimum Gasteiger partial charge on any atom is -0.206 e. The lowest BCUT2D eigenvalue weighted by molar-refractivity contribution is 0.327. The molecule has 1 nitrogen and oxygen atoms in total. The first-order valence-electron chi connectivity index (χ1n) is 5.88. The van der Waals surface area contributed by atoms with Crippen molar-refractivity contribution in [3.63, 3.8) is 0 Å². The van der Waals surface area contributed by atoms with Crippen molar-refractivity contribution in [3.05, 3.63) is 47.8 Å². The molecule has 0 heterocycles. The highest BCUT2D eigenvalue weighted by Crippen LogP contribution is 2.44. The van der Waals surface area contributed by atoms with Gasteiger partial charge in [0.2, 0.25) is 0 Å². The Labute approximate surface area is 99.5 Å². The van der Waals surface area contributed by atoms with Gasteiger partial charge in [0.1, 0.15) is 5.82 Å². The molecule has 1 fully saturated rings. The Morgan fingerprint density at radius 2 is 1.82 bits per heavy atom. The highest BCUT2D eigenvalue weighted by atomic mass is 19.1. The van der Waals surface area contributed by atoms with Crippen LogP contribution in [-0.4, -0.2) is 0 Å². The summed E-state index contributed by atoms with van der Waals surface area (Å²) in [6.45, 7) is 0. The van der Waals surface area contributed by atoms with Gasteiger partial charge in [-0.25, -0.2) is 4.39 Å². The van der Waals surface area contributed by atoms with E-state index in [-0.39, 0.29) is 17.7 Å². The summed E-state index contributed by atoms with van der Waals surface area (Å²) in [7, 11) is 0. The zero-order chi connectivity index (χ0) is 11.8. The monoisotopic (exact) mass is 225 g/mol. The molecule has 84 valence electrons. The predicted octanol–water partition coefficient (Wildman–Crippen LogP) is 4.00. The Balaban J connectivity index is 2.18. The summed E-state index contributed by atoms with van der Waals surface area (Å²) in [6.07, 6.45) is 2.00. The lowest BCUT2D eigenvalue weighted by Gasteiger charge is -2.32. The molecule has 2 atom stereocenters. The summed E-state index contributed by atoms with van der Waals surface area (Å²) < 4.78 is 13.7. The zero-order valence-electron chi connectivity index (χ0n) is 9.36. The molecule has 0 bridgehead atoms. The molecule has 3 rings (SSSR count). The minimum atomic E-state index is -0.183. The van der Waals surface area contributed by atoms with Crippen LogP contribution >= 0.6 is 0 Å². The molecule has 1 aliphatic rings. The molecule has 0 spiro atoms. The lowest BCUT2D eigenvalue weighted by Crippen LogP contribution is -2.22. The predicted molar refractivity (Wildman–Crippen MR) is 65.0 cm³/mol. The normalized spacial score (nSPS) is 23.1. The van der Waals surface area contributed by atoms with E-state index in [1.807, 2.05) is 24.3 Å². The number of fused-ring (bicyclic) bond motifs is 1. The number of hydrogen-bond donors (Lipinski definition) is 0. The van der Waals surface area contributed by atoms with Crippen molar-refractivity contribution in [2.45, 2.75) is 18.8 Å². The zero-order valence-corrected chi connectivity index (χ0v) is 9.36. The average Bonchev–Trinajstić information content (AvgIpc) is 2.32. The quantitative estimate of drug-likeness (QED) is 0.719. The molecule has 2 unspecified atom stereocenters. The number of nitriles is 1. The Morgan fingerprint density at radius 3 is 2.47 bits per heavy atom. The van der Waals surface area contributed by atoms with E-state index in [4.69, 9.17) is 5.26 Å². The number of benzene rings is 2. The molecule has 1 saturated carbocycles. The van der Waals surface area contributed by atoms with Crippen molar-refractivity contribution in [1.82, 2.24) is 0 Å². The van der Waals surface area contributed by atoms with E-state index in [1.54, 1.807) is 6.07 Å². The topological polar surface area (TPSA) is 23.8 Å². The summed E-state index contributed by atoms with van der Waals surface area (Å²) in [5.41, 5.74) is 1.12. The van der Waals surface area contributed by atoms with Crippen molar-refractivity contribution in [2.24, 2.45) is 5.92 Å². The van der Waals surface area contributed by atoms with E-state index in [0.29, 0.717) is 5.39 Å². The molecule has 0 aromatic heterocycles. The van der Waals surface area contributed by atoms with Gasteiger partial charge in [0, 0.05) is 11.3 Å². The van der Waals surface area contributed by atoms with E-state index in [1.165, 1.54) is 6.07 Å². The van der Waals surface area contributed by atoms with E-state index < -0.39 is 0 Å². The molecular formula is C15H12FN. The van der Waals surface area contributed by atoms with Gasteiger partial charge in [0.25, 0.3) is 0 Å². The first-order valence-corrected chi connectivity index (χ1v) is 5.88. The van der Waals surface area contributed by atoms with Gasteiger partial charge in [-0.2, -0.15) is 5.26 Å². The van der Waals surface area contributed by atoms with Crippen molar-refractivity contribution >= 4 is 10.8 Å². The average molecular weight is 225 g/mol. The van der Waals surface area contributed by atoms with Gasteiger partial charge in [-0.15, -0.1) is 0 Å². The van der Waals surface area contributed by atoms with Gasteiger partial charge in [0.15, 0.2) is 0 Å². The molecular weight excluding hydrogens is 213 g/mol. The molecule has 1 aliphatic carbocycles. The Morgan fingerprint density at radius 1 is 1.06 bits per heavy atom. The third kappa shape index (κ3) is 1.51. The smallest absolute Gasteiger partial charge is 0.131 e. The van der Waals surface area contributed by atoms with Crippen LogP contribution in [0.15, 0.2) is 36.4 Å². The third-order valence-corrected chi connectivity index (χ3v) is 3.74. The van der Waals surface area contributed by atoms with Crippen molar-refractivity contribution in [1.29, 1.82) is 5.26 Å². The summed E-state index contributed by atoms with van der Waals surface area (Å²) in [4.78, 5) is 0. The molecule has 0 radical (unpaired) electrons. The molecule has 0 aliphatic heterocycles. The fraction of sp³-hybridized carbons (Fsp3) is 0.267. The number of hydrogen-bond acceptors (Lipinski definition) is 1. The summed E-state index contributed by atoms with van der Waals surface area (Å²) in [5, 5.41) is 10.6. The second-order valence-electron chi connectivity index (χ2n) is 4.60. The Hall–Kier alpha value is -1.88. The van der Waals surface area contributed by atoms with E-state index >= 15 is 0 Å². The molecule has 2 heteroatoms. The van der Waals surface area contributed by atoms with E-state index in [0.717, 1.165) is 23.8 Å². The van der Waals surface area contributed by atoms with E-state index in [9.17, 15) is 4.39 Å². The number of nitrogens with zero attached hydrogens (tertiary/aromatic N) is 1. The van der Waals surface area contributed by atoms with Gasteiger partial charge in [-0.1, -0.05) is 30.3 Å². The van der Waals surface area contributed by atoms with Gasteiger partial charge < -0.3 is 0 Å². The molecule has 17 heavy (non-hydrogen) atoms. The largest absolute Gasteiger partial charge is 0.206 e. The van der Waals surface area contributed by atoms with Crippen LogP contribution in [0.25, 0.3) is 10.8 Å². The van der Waals surface area contributed by atoms with Crippen molar-refractivity contribution < 1.29 is 4.39 Å². The summed E-state index contributed by atoms with van der Waals surface area (Å²) in [6, 6.07) is 13.2. The lowest BCUT2D eigenvalue weighted by atomic mass is 9.70. The van der Waals surface area contributed by atoms with Gasteiger partial charge in [-0.3, -0.25) is 0 Å². The molecule has 0 saturated heterocycles. The Kier molecular flexibility index (Phi) is 2.33. The fourth-order valence-electron chi connectivity index (χ4n) is 2.64. The highest BCUT2D eigenvalue weighted by molar-refractivity contribution is 5.86. The molecule has 0 amide bonds. The summed E-state index contributed by atoms with van der Waals surface area (Å²) >= 11 is 0.